The number of carbonyl (C=O) groups is 1. The number of aromatic nitrogens is 2. The van der Waals surface area contributed by atoms with E-state index in [1.165, 1.54) is 5.56 Å². The smallest absolute Gasteiger partial charge is 0.239 e. The molecule has 0 bridgehead atoms. The van der Waals surface area contributed by atoms with Crippen LogP contribution in [-0.2, 0) is 17.9 Å². The van der Waals surface area contributed by atoms with E-state index in [2.05, 4.69) is 27.4 Å². The van der Waals surface area contributed by atoms with Crippen molar-refractivity contribution in [2.24, 2.45) is 0 Å². The van der Waals surface area contributed by atoms with Gasteiger partial charge in [-0.05, 0) is 19.5 Å². The average molecular weight is 327 g/mol. The molecule has 0 aliphatic carbocycles. The molecule has 1 amide bonds. The van der Waals surface area contributed by atoms with Gasteiger partial charge in [0.25, 0.3) is 0 Å². The van der Waals surface area contributed by atoms with Gasteiger partial charge in [0.1, 0.15) is 0 Å². The Morgan fingerprint density at radius 1 is 1.08 bits per heavy atom. The van der Waals surface area contributed by atoms with Gasteiger partial charge in [0, 0.05) is 45.1 Å². The number of nitrogens with zero attached hydrogens (tertiary/aromatic N) is 4. The third kappa shape index (κ3) is 5.03. The summed E-state index contributed by atoms with van der Waals surface area (Å²) >= 11 is 0. The van der Waals surface area contributed by atoms with Gasteiger partial charge in [-0.3, -0.25) is 9.69 Å². The van der Waals surface area contributed by atoms with E-state index in [1.54, 1.807) is 31.4 Å². The summed E-state index contributed by atoms with van der Waals surface area (Å²) in [5, 5.41) is 3.20. The Morgan fingerprint density at radius 3 is 2.29 bits per heavy atom. The van der Waals surface area contributed by atoms with Crippen LogP contribution < -0.4 is 5.32 Å². The van der Waals surface area contributed by atoms with Crippen LogP contribution in [0.15, 0.2) is 42.7 Å². The summed E-state index contributed by atoms with van der Waals surface area (Å²) < 4.78 is 0. The third-order valence-corrected chi connectivity index (χ3v) is 3.89. The van der Waals surface area contributed by atoms with Crippen LogP contribution in [0.1, 0.15) is 18.1 Å². The lowest BCUT2D eigenvalue weighted by Crippen LogP contribution is -2.42. The molecule has 0 fully saturated rings. The first-order valence-electron chi connectivity index (χ1n) is 7.97. The molecule has 1 atom stereocenters. The van der Waals surface area contributed by atoms with Gasteiger partial charge >= 0.3 is 0 Å². The van der Waals surface area contributed by atoms with E-state index < -0.39 is 0 Å². The Balaban J connectivity index is 1.88. The van der Waals surface area contributed by atoms with E-state index in [1.807, 2.05) is 37.1 Å². The van der Waals surface area contributed by atoms with Gasteiger partial charge in [-0.1, -0.05) is 30.3 Å². The second-order valence-corrected chi connectivity index (χ2v) is 6.08. The lowest BCUT2D eigenvalue weighted by molar-refractivity contribution is -0.133. The van der Waals surface area contributed by atoms with Crippen molar-refractivity contribution in [1.29, 1.82) is 0 Å². The minimum Gasteiger partial charge on any atom is -0.350 e. The maximum atomic E-state index is 12.0. The predicted octanol–water partition coefficient (Wildman–Crippen LogP) is 2.00. The van der Waals surface area contributed by atoms with Gasteiger partial charge in [-0.25, -0.2) is 9.97 Å². The molecule has 0 unspecified atom stereocenters. The Morgan fingerprint density at radius 2 is 1.71 bits per heavy atom. The normalized spacial score (nSPS) is 12.0. The fourth-order valence-electron chi connectivity index (χ4n) is 2.29. The zero-order valence-electron chi connectivity index (χ0n) is 14.7. The molecule has 2 aromatic rings. The van der Waals surface area contributed by atoms with Crippen molar-refractivity contribution in [1.82, 2.24) is 19.8 Å². The fraction of sp³-hybridized carbons (Fsp3) is 0.389. The van der Waals surface area contributed by atoms with E-state index in [4.69, 9.17) is 0 Å². The van der Waals surface area contributed by atoms with E-state index in [9.17, 15) is 4.79 Å². The highest BCUT2D eigenvalue weighted by atomic mass is 16.2. The molecule has 1 heterocycles. The van der Waals surface area contributed by atoms with Crippen LogP contribution in [0, 0.1) is 0 Å². The molecule has 0 saturated carbocycles. The molecule has 6 nitrogen and oxygen atoms in total. The van der Waals surface area contributed by atoms with Crippen molar-refractivity contribution in [3.63, 3.8) is 0 Å². The van der Waals surface area contributed by atoms with E-state index in [-0.39, 0.29) is 11.9 Å². The maximum Gasteiger partial charge on any atom is 0.239 e. The van der Waals surface area contributed by atoms with Gasteiger partial charge in [-0.15, -0.1) is 0 Å². The second-order valence-electron chi connectivity index (χ2n) is 6.08. The second kappa shape index (κ2) is 8.40. The molecule has 1 aromatic carbocycles. The highest BCUT2D eigenvalue weighted by molar-refractivity contribution is 5.80. The largest absolute Gasteiger partial charge is 0.350 e. The first-order valence-corrected chi connectivity index (χ1v) is 7.97. The number of anilines is 1. The molecule has 6 heteroatoms. The minimum atomic E-state index is -0.184. The topological polar surface area (TPSA) is 61.4 Å². The number of likely N-dealkylation sites (N-methyl/N-ethyl adjacent to an activating group) is 2. The Bertz CT molecular complexity index is 642. The molecule has 1 aromatic heterocycles. The zero-order chi connectivity index (χ0) is 17.5. The van der Waals surface area contributed by atoms with Crippen LogP contribution in [0.25, 0.3) is 0 Å². The van der Waals surface area contributed by atoms with Crippen molar-refractivity contribution < 1.29 is 4.79 Å². The average Bonchev–Trinajstić information content (AvgIpc) is 2.60. The van der Waals surface area contributed by atoms with Gasteiger partial charge in [0.2, 0.25) is 11.9 Å². The molecular formula is C18H25N5O. The first kappa shape index (κ1) is 17.9. The van der Waals surface area contributed by atoms with Crippen LogP contribution >= 0.6 is 0 Å². The highest BCUT2D eigenvalue weighted by Gasteiger charge is 2.19. The van der Waals surface area contributed by atoms with Crippen LogP contribution in [0.4, 0.5) is 5.95 Å². The molecule has 0 saturated heterocycles. The summed E-state index contributed by atoms with van der Waals surface area (Å²) in [6.45, 7) is 3.22. The predicted molar refractivity (Wildman–Crippen MR) is 95.4 cm³/mol. The van der Waals surface area contributed by atoms with Gasteiger partial charge < -0.3 is 10.2 Å². The van der Waals surface area contributed by atoms with E-state index in [0.29, 0.717) is 19.0 Å². The number of amides is 1. The molecule has 0 spiro atoms. The maximum absolute atomic E-state index is 12.0. The summed E-state index contributed by atoms with van der Waals surface area (Å²) in [6, 6.07) is 9.93. The Kier molecular flexibility index (Phi) is 6.26. The van der Waals surface area contributed by atoms with Gasteiger partial charge in [-0.2, -0.15) is 0 Å². The van der Waals surface area contributed by atoms with E-state index >= 15 is 0 Å². The van der Waals surface area contributed by atoms with Crippen LogP contribution in [-0.4, -0.2) is 52.9 Å². The molecule has 128 valence electrons. The first-order chi connectivity index (χ1) is 11.5. The van der Waals surface area contributed by atoms with E-state index in [0.717, 1.165) is 5.56 Å². The highest BCUT2D eigenvalue weighted by Crippen LogP contribution is 2.08. The molecule has 0 radical (unpaired) electrons. The van der Waals surface area contributed by atoms with Crippen molar-refractivity contribution in [3.8, 4) is 0 Å². The molecule has 2 rings (SSSR count). The zero-order valence-corrected chi connectivity index (χ0v) is 14.7. The number of carbonyl (C=O) groups excluding carboxylic acids is 1. The fourth-order valence-corrected chi connectivity index (χ4v) is 2.29. The summed E-state index contributed by atoms with van der Waals surface area (Å²) in [6.07, 6.45) is 3.59. The lowest BCUT2D eigenvalue weighted by atomic mass is 10.2. The minimum absolute atomic E-state index is 0.0829. The molecule has 24 heavy (non-hydrogen) atoms. The quantitative estimate of drug-likeness (QED) is 0.843. The summed E-state index contributed by atoms with van der Waals surface area (Å²) in [5.74, 6) is 0.683. The Labute approximate surface area is 143 Å². The standard InChI is InChI=1S/C18H25N5O/c1-14(17(24)22(2)3)23(4)13-16-11-20-18(21-12-16)19-10-15-8-6-5-7-9-15/h5-9,11-12,14H,10,13H2,1-4H3,(H,19,20,21)/t14-/m0/s1. The lowest BCUT2D eigenvalue weighted by Gasteiger charge is -2.26. The molecular weight excluding hydrogens is 302 g/mol. The number of hydrogen-bond acceptors (Lipinski definition) is 5. The number of nitrogens with one attached hydrogen (secondary N) is 1. The summed E-state index contributed by atoms with van der Waals surface area (Å²) in [4.78, 5) is 24.3. The monoisotopic (exact) mass is 327 g/mol. The summed E-state index contributed by atoms with van der Waals surface area (Å²) in [5.41, 5.74) is 2.15. The molecule has 0 aliphatic rings. The third-order valence-electron chi connectivity index (χ3n) is 3.89. The van der Waals surface area contributed by atoms with Crippen molar-refractivity contribution >= 4 is 11.9 Å². The van der Waals surface area contributed by atoms with Crippen molar-refractivity contribution in [2.45, 2.75) is 26.1 Å². The van der Waals surface area contributed by atoms with Crippen molar-refractivity contribution in [2.75, 3.05) is 26.5 Å². The Hall–Kier alpha value is -2.47. The van der Waals surface area contributed by atoms with Gasteiger partial charge in [0.05, 0.1) is 6.04 Å². The molecule has 0 aliphatic heterocycles. The number of rotatable bonds is 7. The van der Waals surface area contributed by atoms with Crippen LogP contribution in [0.5, 0.6) is 0 Å². The molecule has 1 N–H and O–H groups in total. The van der Waals surface area contributed by atoms with Gasteiger partial charge in [0.15, 0.2) is 0 Å². The van der Waals surface area contributed by atoms with Crippen LogP contribution in [0.2, 0.25) is 0 Å². The number of hydrogen-bond donors (Lipinski definition) is 1. The van der Waals surface area contributed by atoms with Crippen molar-refractivity contribution in [3.05, 3.63) is 53.9 Å². The SMILES string of the molecule is C[C@@H](C(=O)N(C)C)N(C)Cc1cnc(NCc2ccccc2)nc1. The number of benzene rings is 1. The van der Waals surface area contributed by atoms with Crippen LogP contribution in [0.3, 0.4) is 0 Å². The summed E-state index contributed by atoms with van der Waals surface area (Å²) in [7, 11) is 5.46.